The Morgan fingerprint density at radius 3 is 2.72 bits per heavy atom. The molecule has 0 spiro atoms. The molecule has 1 aromatic rings. The van der Waals surface area contributed by atoms with E-state index in [2.05, 4.69) is 10.3 Å². The van der Waals surface area contributed by atoms with Crippen LogP contribution >= 0.6 is 11.6 Å². The van der Waals surface area contributed by atoms with E-state index in [9.17, 15) is 9.59 Å². The van der Waals surface area contributed by atoms with Crippen LogP contribution < -0.4 is 10.9 Å². The van der Waals surface area contributed by atoms with Crippen LogP contribution in [-0.2, 0) is 0 Å². The zero-order chi connectivity index (χ0) is 13.0. The van der Waals surface area contributed by atoms with E-state index in [1.54, 1.807) is 12.1 Å². The molecule has 1 amide bonds. The van der Waals surface area contributed by atoms with Crippen LogP contribution in [0.1, 0.15) is 36.2 Å². The third kappa shape index (κ3) is 2.93. The fourth-order valence-corrected chi connectivity index (χ4v) is 2.79. The highest BCUT2D eigenvalue weighted by atomic mass is 35.5. The van der Waals surface area contributed by atoms with Crippen LogP contribution in [0, 0.1) is 5.41 Å². The maximum absolute atomic E-state index is 11.9. The van der Waals surface area contributed by atoms with Crippen LogP contribution in [0.3, 0.4) is 0 Å². The molecular formula is C13H17ClN2O2. The molecule has 1 aliphatic rings. The topological polar surface area (TPSA) is 62.0 Å². The van der Waals surface area contributed by atoms with Gasteiger partial charge in [-0.2, -0.15) is 0 Å². The van der Waals surface area contributed by atoms with E-state index < -0.39 is 0 Å². The van der Waals surface area contributed by atoms with Crippen molar-refractivity contribution in [3.63, 3.8) is 0 Å². The smallest absolute Gasteiger partial charge is 0.267 e. The monoisotopic (exact) mass is 268 g/mol. The Morgan fingerprint density at radius 1 is 1.39 bits per heavy atom. The number of aromatic nitrogens is 1. The summed E-state index contributed by atoms with van der Waals surface area (Å²) in [4.78, 5) is 25.5. The average molecular weight is 269 g/mol. The van der Waals surface area contributed by atoms with E-state index >= 15 is 0 Å². The molecule has 1 heterocycles. The van der Waals surface area contributed by atoms with E-state index in [-0.39, 0.29) is 16.9 Å². The average Bonchev–Trinajstić information content (AvgIpc) is 2.85. The predicted molar refractivity (Wildman–Crippen MR) is 71.0 cm³/mol. The molecule has 1 saturated carbocycles. The molecule has 0 aromatic carbocycles. The lowest BCUT2D eigenvalue weighted by molar-refractivity contribution is 0.0930. The zero-order valence-corrected chi connectivity index (χ0v) is 10.9. The van der Waals surface area contributed by atoms with Gasteiger partial charge in [-0.3, -0.25) is 9.59 Å². The number of halogens is 1. The summed E-state index contributed by atoms with van der Waals surface area (Å²) in [6, 6.07) is 4.55. The van der Waals surface area contributed by atoms with Gasteiger partial charge in [0.05, 0.1) is 0 Å². The lowest BCUT2D eigenvalue weighted by Crippen LogP contribution is -2.37. The van der Waals surface area contributed by atoms with Crippen molar-refractivity contribution in [2.45, 2.75) is 25.7 Å². The first-order chi connectivity index (χ1) is 8.65. The number of alkyl halides is 1. The highest BCUT2D eigenvalue weighted by Crippen LogP contribution is 2.38. The van der Waals surface area contributed by atoms with Gasteiger partial charge in [0, 0.05) is 23.9 Å². The number of carbonyl (C=O) groups is 1. The molecule has 5 heteroatoms. The highest BCUT2D eigenvalue weighted by Gasteiger charge is 2.33. The first-order valence-electron chi connectivity index (χ1n) is 6.19. The summed E-state index contributed by atoms with van der Waals surface area (Å²) in [5.74, 6) is 0.322. The molecule has 0 radical (unpaired) electrons. The number of amides is 1. The van der Waals surface area contributed by atoms with Crippen molar-refractivity contribution in [3.05, 3.63) is 34.2 Å². The molecular weight excluding hydrogens is 252 g/mol. The Kier molecular flexibility index (Phi) is 4.07. The minimum Gasteiger partial charge on any atom is -0.350 e. The van der Waals surface area contributed by atoms with Gasteiger partial charge in [-0.25, -0.2) is 0 Å². The number of rotatable bonds is 4. The van der Waals surface area contributed by atoms with E-state index in [4.69, 9.17) is 11.6 Å². The number of carbonyl (C=O) groups excluding carboxylic acids is 1. The number of H-pyrrole nitrogens is 1. The van der Waals surface area contributed by atoms with Crippen LogP contribution in [0.2, 0.25) is 0 Å². The number of hydrogen-bond acceptors (Lipinski definition) is 2. The first kappa shape index (κ1) is 13.1. The molecule has 1 aromatic heterocycles. The molecule has 0 saturated heterocycles. The quantitative estimate of drug-likeness (QED) is 0.820. The van der Waals surface area contributed by atoms with Crippen molar-refractivity contribution in [2.24, 2.45) is 5.41 Å². The summed E-state index contributed by atoms with van der Waals surface area (Å²) in [6.07, 6.45) is 4.46. The molecule has 98 valence electrons. The second-order valence-corrected chi connectivity index (χ2v) is 5.22. The van der Waals surface area contributed by atoms with Gasteiger partial charge in [0.2, 0.25) is 5.56 Å². The molecule has 4 nitrogen and oxygen atoms in total. The third-order valence-electron chi connectivity index (χ3n) is 3.58. The van der Waals surface area contributed by atoms with E-state index in [0.717, 1.165) is 12.8 Å². The second-order valence-electron chi connectivity index (χ2n) is 4.95. The van der Waals surface area contributed by atoms with Gasteiger partial charge in [-0.1, -0.05) is 18.9 Å². The first-order valence-corrected chi connectivity index (χ1v) is 6.72. The summed E-state index contributed by atoms with van der Waals surface area (Å²) in [6.45, 7) is 0.576. The summed E-state index contributed by atoms with van der Waals surface area (Å²) in [5.41, 5.74) is 0.0625. The standard InChI is InChI=1S/C13H17ClN2O2/c14-8-13(6-1-2-7-13)9-15-12(18)10-4-3-5-11(17)16-10/h3-5H,1-2,6-9H2,(H,15,18)(H,16,17). The van der Waals surface area contributed by atoms with Gasteiger partial charge in [0.15, 0.2) is 0 Å². The molecule has 18 heavy (non-hydrogen) atoms. The fraction of sp³-hybridized carbons (Fsp3) is 0.538. The van der Waals surface area contributed by atoms with Gasteiger partial charge in [-0.05, 0) is 18.9 Å². The third-order valence-corrected chi connectivity index (χ3v) is 4.15. The number of pyridine rings is 1. The van der Waals surface area contributed by atoms with Gasteiger partial charge in [0.25, 0.3) is 5.91 Å². The molecule has 0 atom stereocenters. The Labute approximate surface area is 111 Å². The lowest BCUT2D eigenvalue weighted by Gasteiger charge is -2.26. The van der Waals surface area contributed by atoms with Crippen molar-refractivity contribution in [1.29, 1.82) is 0 Å². The predicted octanol–water partition coefficient (Wildman–Crippen LogP) is 1.90. The molecule has 2 rings (SSSR count). The molecule has 1 aliphatic carbocycles. The number of hydrogen-bond donors (Lipinski definition) is 2. The van der Waals surface area contributed by atoms with E-state index in [1.807, 2.05) is 0 Å². The molecule has 0 unspecified atom stereocenters. The van der Waals surface area contributed by atoms with E-state index in [0.29, 0.717) is 18.1 Å². The normalized spacial score (nSPS) is 17.6. The Balaban J connectivity index is 1.98. The fourth-order valence-electron chi connectivity index (χ4n) is 2.43. The summed E-state index contributed by atoms with van der Waals surface area (Å²) in [7, 11) is 0. The molecule has 0 bridgehead atoms. The van der Waals surface area contributed by atoms with Crippen LogP contribution in [0.25, 0.3) is 0 Å². The van der Waals surface area contributed by atoms with Crippen molar-refractivity contribution in [3.8, 4) is 0 Å². The van der Waals surface area contributed by atoms with Crippen LogP contribution in [0.15, 0.2) is 23.0 Å². The molecule has 0 aliphatic heterocycles. The van der Waals surface area contributed by atoms with Crippen molar-refractivity contribution >= 4 is 17.5 Å². The highest BCUT2D eigenvalue weighted by molar-refractivity contribution is 6.18. The second kappa shape index (κ2) is 5.57. The summed E-state index contributed by atoms with van der Waals surface area (Å²) >= 11 is 6.01. The molecule has 1 fully saturated rings. The van der Waals surface area contributed by atoms with Crippen LogP contribution in [0.4, 0.5) is 0 Å². The zero-order valence-electron chi connectivity index (χ0n) is 10.2. The van der Waals surface area contributed by atoms with Gasteiger partial charge in [-0.15, -0.1) is 11.6 Å². The van der Waals surface area contributed by atoms with Gasteiger partial charge in [0.1, 0.15) is 5.69 Å². The Bertz CT molecular complexity index is 478. The van der Waals surface area contributed by atoms with Gasteiger partial charge >= 0.3 is 0 Å². The minimum absolute atomic E-state index is 0.0340. The maximum Gasteiger partial charge on any atom is 0.267 e. The Hall–Kier alpha value is -1.29. The molecule has 2 N–H and O–H groups in total. The largest absolute Gasteiger partial charge is 0.350 e. The minimum atomic E-state index is -0.268. The van der Waals surface area contributed by atoms with Crippen molar-refractivity contribution in [1.82, 2.24) is 10.3 Å². The Morgan fingerprint density at radius 2 is 2.11 bits per heavy atom. The summed E-state index contributed by atoms with van der Waals surface area (Å²) in [5, 5.41) is 2.87. The lowest BCUT2D eigenvalue weighted by atomic mass is 9.88. The summed E-state index contributed by atoms with van der Waals surface area (Å²) < 4.78 is 0. The number of aromatic amines is 1. The number of nitrogens with one attached hydrogen (secondary N) is 2. The SMILES string of the molecule is O=C(NCC1(CCl)CCCC1)c1cccc(=O)[nH]1. The van der Waals surface area contributed by atoms with Crippen LogP contribution in [0.5, 0.6) is 0 Å². The maximum atomic E-state index is 11.9. The van der Waals surface area contributed by atoms with E-state index in [1.165, 1.54) is 18.9 Å². The van der Waals surface area contributed by atoms with Crippen molar-refractivity contribution < 1.29 is 4.79 Å². The van der Waals surface area contributed by atoms with Gasteiger partial charge < -0.3 is 10.3 Å². The van der Waals surface area contributed by atoms with Crippen molar-refractivity contribution in [2.75, 3.05) is 12.4 Å². The van der Waals surface area contributed by atoms with Crippen LogP contribution in [-0.4, -0.2) is 23.3 Å².